The van der Waals surface area contributed by atoms with Crippen LogP contribution in [0.25, 0.3) is 0 Å². The van der Waals surface area contributed by atoms with Crippen LogP contribution < -0.4 is 0 Å². The zero-order valence-electron chi connectivity index (χ0n) is 35.4. The highest BCUT2D eigenvalue weighted by Crippen LogP contribution is 2.18. The van der Waals surface area contributed by atoms with Crippen molar-refractivity contribution in [3.63, 3.8) is 0 Å². The van der Waals surface area contributed by atoms with Crippen molar-refractivity contribution >= 4 is 11.9 Å². The average molecular weight is 738 g/mol. The lowest BCUT2D eigenvalue weighted by molar-refractivity contribution is -0.150. The van der Waals surface area contributed by atoms with Crippen molar-refractivity contribution < 1.29 is 24.2 Å². The monoisotopic (exact) mass is 738 g/mol. The van der Waals surface area contributed by atoms with Gasteiger partial charge in [0.05, 0.1) is 13.2 Å². The molecule has 1 N–H and O–H groups in total. The molecule has 0 unspecified atom stereocenters. The Morgan fingerprint density at radius 1 is 0.442 bits per heavy atom. The van der Waals surface area contributed by atoms with Crippen LogP contribution in [0, 0.1) is 0 Å². The van der Waals surface area contributed by atoms with Crippen LogP contribution in [0.3, 0.4) is 0 Å². The number of aliphatic hydroxyl groups is 1. The van der Waals surface area contributed by atoms with Crippen LogP contribution in [-0.2, 0) is 19.1 Å². The molecule has 0 bridgehead atoms. The van der Waals surface area contributed by atoms with Crippen LogP contribution in [0.5, 0.6) is 0 Å². The van der Waals surface area contributed by atoms with Gasteiger partial charge in [0.15, 0.2) is 0 Å². The van der Waals surface area contributed by atoms with E-state index in [0.717, 1.165) is 90.3 Å². The Kier molecular flexibility index (Phi) is 41.7. The first-order chi connectivity index (χ1) is 25.6. The predicted molar refractivity (Wildman–Crippen MR) is 223 cm³/mol. The Hall–Kier alpha value is -1.14. The van der Waals surface area contributed by atoms with Gasteiger partial charge in [0.1, 0.15) is 6.10 Å². The summed E-state index contributed by atoms with van der Waals surface area (Å²) < 4.78 is 11.5. The minimum Gasteiger partial charge on any atom is -0.466 e. The summed E-state index contributed by atoms with van der Waals surface area (Å²) in [4.78, 5) is 27.1. The van der Waals surface area contributed by atoms with E-state index in [-0.39, 0.29) is 24.6 Å². The first kappa shape index (κ1) is 50.9. The van der Waals surface area contributed by atoms with Gasteiger partial charge in [-0.05, 0) is 70.9 Å². The number of ether oxygens (including phenoxy) is 2. The Labute approximate surface area is 324 Å². The van der Waals surface area contributed by atoms with E-state index in [4.69, 9.17) is 9.47 Å². The minimum atomic E-state index is -0.0279. The maximum Gasteiger partial charge on any atom is 0.306 e. The molecule has 0 saturated carbocycles. The molecule has 0 aliphatic rings. The van der Waals surface area contributed by atoms with E-state index in [0.29, 0.717) is 19.4 Å². The van der Waals surface area contributed by atoms with Crippen molar-refractivity contribution in [2.45, 2.75) is 252 Å². The Morgan fingerprint density at radius 2 is 0.808 bits per heavy atom. The highest BCUT2D eigenvalue weighted by atomic mass is 16.5. The van der Waals surface area contributed by atoms with Crippen molar-refractivity contribution in [2.24, 2.45) is 0 Å². The standard InChI is InChI=1S/C46H91NO5/c1-4-7-10-13-16-17-18-27-34-43-51-45(49)37-30-23-19-25-32-39-47(41-42-48)40-33-26-20-24-31-38-46(50)52-44(35-28-21-14-11-8-5-2)36-29-22-15-12-9-6-3/h44,48H,4-43H2,1-3H3. The van der Waals surface area contributed by atoms with Gasteiger partial charge in [-0.3, -0.25) is 9.59 Å². The number of carbonyl (C=O) groups is 2. The number of esters is 2. The van der Waals surface area contributed by atoms with Crippen molar-refractivity contribution in [1.82, 2.24) is 4.90 Å². The summed E-state index contributed by atoms with van der Waals surface area (Å²) in [5.74, 6) is -0.0137. The second kappa shape index (κ2) is 42.6. The summed E-state index contributed by atoms with van der Waals surface area (Å²) in [6, 6.07) is 0. The number of rotatable bonds is 43. The fraction of sp³-hybridized carbons (Fsp3) is 0.957. The van der Waals surface area contributed by atoms with Crippen molar-refractivity contribution in [2.75, 3.05) is 32.8 Å². The van der Waals surface area contributed by atoms with Crippen LogP contribution >= 0.6 is 0 Å². The molecule has 6 heteroatoms. The van der Waals surface area contributed by atoms with E-state index in [1.54, 1.807) is 0 Å². The molecule has 0 amide bonds. The molecule has 0 aromatic heterocycles. The fourth-order valence-corrected chi connectivity index (χ4v) is 7.23. The minimum absolute atomic E-state index is 0.0142. The first-order valence-electron chi connectivity index (χ1n) is 23.3. The number of carbonyl (C=O) groups excluding carboxylic acids is 2. The van der Waals surface area contributed by atoms with E-state index < -0.39 is 0 Å². The number of aliphatic hydroxyl groups excluding tert-OH is 1. The van der Waals surface area contributed by atoms with Gasteiger partial charge < -0.3 is 19.5 Å². The smallest absolute Gasteiger partial charge is 0.306 e. The quantitative estimate of drug-likeness (QED) is 0.0496. The van der Waals surface area contributed by atoms with Gasteiger partial charge >= 0.3 is 11.9 Å². The molecule has 0 spiro atoms. The van der Waals surface area contributed by atoms with E-state index in [9.17, 15) is 14.7 Å². The molecule has 0 atom stereocenters. The van der Waals surface area contributed by atoms with Gasteiger partial charge in [0.25, 0.3) is 0 Å². The zero-order chi connectivity index (χ0) is 38.0. The molecular weight excluding hydrogens is 647 g/mol. The maximum atomic E-state index is 12.7. The molecule has 0 aliphatic carbocycles. The van der Waals surface area contributed by atoms with Crippen LogP contribution in [-0.4, -0.2) is 60.9 Å². The Morgan fingerprint density at radius 3 is 1.25 bits per heavy atom. The molecule has 0 aromatic carbocycles. The fourth-order valence-electron chi connectivity index (χ4n) is 7.23. The van der Waals surface area contributed by atoms with Gasteiger partial charge in [-0.2, -0.15) is 0 Å². The van der Waals surface area contributed by atoms with Gasteiger partial charge in [-0.1, -0.05) is 175 Å². The lowest BCUT2D eigenvalue weighted by atomic mass is 10.0. The molecule has 0 fully saturated rings. The van der Waals surface area contributed by atoms with Crippen LogP contribution in [0.2, 0.25) is 0 Å². The molecule has 52 heavy (non-hydrogen) atoms. The predicted octanol–water partition coefficient (Wildman–Crippen LogP) is 13.4. The van der Waals surface area contributed by atoms with Gasteiger partial charge in [0.2, 0.25) is 0 Å². The number of unbranched alkanes of at least 4 members (excludes halogenated alkanes) is 26. The highest BCUT2D eigenvalue weighted by Gasteiger charge is 2.14. The van der Waals surface area contributed by atoms with Gasteiger partial charge in [0, 0.05) is 19.4 Å². The third-order valence-electron chi connectivity index (χ3n) is 10.7. The normalized spacial score (nSPS) is 11.6. The first-order valence-corrected chi connectivity index (χ1v) is 23.3. The molecule has 310 valence electrons. The van der Waals surface area contributed by atoms with Crippen LogP contribution in [0.4, 0.5) is 0 Å². The van der Waals surface area contributed by atoms with Crippen LogP contribution in [0.15, 0.2) is 0 Å². The summed E-state index contributed by atoms with van der Waals surface area (Å²) >= 11 is 0. The van der Waals surface area contributed by atoms with E-state index >= 15 is 0 Å². The molecule has 0 heterocycles. The lowest BCUT2D eigenvalue weighted by Gasteiger charge is -2.21. The molecule has 0 aromatic rings. The second-order valence-corrected chi connectivity index (χ2v) is 15.9. The van der Waals surface area contributed by atoms with Crippen molar-refractivity contribution in [3.05, 3.63) is 0 Å². The average Bonchev–Trinajstić information content (AvgIpc) is 3.14. The molecular formula is C46H91NO5. The number of nitrogens with zero attached hydrogens (tertiary/aromatic N) is 1. The van der Waals surface area contributed by atoms with Gasteiger partial charge in [-0.15, -0.1) is 0 Å². The van der Waals surface area contributed by atoms with E-state index in [1.165, 1.54) is 141 Å². The van der Waals surface area contributed by atoms with Gasteiger partial charge in [-0.25, -0.2) is 0 Å². The summed E-state index contributed by atoms with van der Waals surface area (Å²) in [7, 11) is 0. The molecule has 0 rings (SSSR count). The SMILES string of the molecule is CCCCCCCCCCCOC(=O)CCCCCCCN(CCO)CCCCCCCC(=O)OC(CCCCCCCC)CCCCCCCC. The van der Waals surface area contributed by atoms with E-state index in [2.05, 4.69) is 25.7 Å². The summed E-state index contributed by atoms with van der Waals surface area (Å²) in [5, 5.41) is 9.55. The third-order valence-corrected chi connectivity index (χ3v) is 10.7. The summed E-state index contributed by atoms with van der Waals surface area (Å²) in [6.07, 6.45) is 41.2. The lowest BCUT2D eigenvalue weighted by Crippen LogP contribution is -2.29. The summed E-state index contributed by atoms with van der Waals surface area (Å²) in [5.41, 5.74) is 0. The highest BCUT2D eigenvalue weighted by molar-refractivity contribution is 5.69. The second-order valence-electron chi connectivity index (χ2n) is 15.9. The summed E-state index contributed by atoms with van der Waals surface area (Å²) in [6.45, 7) is 10.4. The molecule has 6 nitrogen and oxygen atoms in total. The van der Waals surface area contributed by atoms with E-state index in [1.807, 2.05) is 0 Å². The third kappa shape index (κ3) is 38.6. The maximum absolute atomic E-state index is 12.7. The molecule has 0 radical (unpaired) electrons. The Balaban J connectivity index is 3.91. The van der Waals surface area contributed by atoms with Crippen molar-refractivity contribution in [3.8, 4) is 0 Å². The topological polar surface area (TPSA) is 76.1 Å². The largest absolute Gasteiger partial charge is 0.466 e. The molecule has 0 saturated heterocycles. The zero-order valence-corrected chi connectivity index (χ0v) is 35.4. The van der Waals surface area contributed by atoms with Crippen LogP contribution in [0.1, 0.15) is 245 Å². The number of hydrogen-bond donors (Lipinski definition) is 1. The number of hydrogen-bond acceptors (Lipinski definition) is 6. The molecule has 0 aliphatic heterocycles. The Bertz CT molecular complexity index is 716. The van der Waals surface area contributed by atoms with Crippen molar-refractivity contribution in [1.29, 1.82) is 0 Å².